The van der Waals surface area contributed by atoms with Gasteiger partial charge in [-0.05, 0) is 29.8 Å². The first-order chi connectivity index (χ1) is 13.8. The topological polar surface area (TPSA) is 59.4 Å². The quantitative estimate of drug-likeness (QED) is 0.699. The highest BCUT2D eigenvalue weighted by Gasteiger charge is 2.29. The molecule has 0 saturated carbocycles. The number of rotatable bonds is 5. The van der Waals surface area contributed by atoms with Gasteiger partial charge in [-0.1, -0.05) is 30.3 Å². The predicted octanol–water partition coefficient (Wildman–Crippen LogP) is 3.02. The Bertz CT molecular complexity index is 928. The van der Waals surface area contributed by atoms with Crippen molar-refractivity contribution < 1.29 is 9.53 Å². The van der Waals surface area contributed by atoms with E-state index in [-0.39, 0.29) is 24.4 Å². The number of halogens is 1. The molecule has 6 nitrogen and oxygen atoms in total. The van der Waals surface area contributed by atoms with E-state index in [1.165, 1.54) is 0 Å². The van der Waals surface area contributed by atoms with Gasteiger partial charge in [-0.25, -0.2) is 4.68 Å². The van der Waals surface area contributed by atoms with Crippen LogP contribution >= 0.6 is 12.4 Å². The Morgan fingerprint density at radius 3 is 2.69 bits per heavy atom. The lowest BCUT2D eigenvalue weighted by molar-refractivity contribution is -0.133. The highest BCUT2D eigenvalue weighted by Crippen LogP contribution is 2.30. The standard InChI is InChI=1S/C22H24N4O2.ClH/c1-28-21-6-3-2-5-19(21)20-16-23-12-14-25(20)22(27)15-17-7-9-18(10-8-17)26-13-4-11-24-26;/h2-11,13,20,23H,12,14-16H2,1H3;1H. The summed E-state index contributed by atoms with van der Waals surface area (Å²) < 4.78 is 7.32. The average Bonchev–Trinajstić information content (AvgIpc) is 3.29. The number of ether oxygens (including phenoxy) is 1. The highest BCUT2D eigenvalue weighted by atomic mass is 35.5. The van der Waals surface area contributed by atoms with E-state index in [1.807, 2.05) is 65.7 Å². The second-order valence-corrected chi connectivity index (χ2v) is 6.84. The van der Waals surface area contributed by atoms with Crippen LogP contribution in [0.5, 0.6) is 5.75 Å². The van der Waals surface area contributed by atoms with Crippen molar-refractivity contribution >= 4 is 18.3 Å². The Hall–Kier alpha value is -2.83. The molecule has 1 aliphatic rings. The first-order valence-corrected chi connectivity index (χ1v) is 9.48. The number of nitrogens with zero attached hydrogens (tertiary/aromatic N) is 3. The fourth-order valence-electron chi connectivity index (χ4n) is 3.69. The molecule has 1 aromatic heterocycles. The monoisotopic (exact) mass is 412 g/mol. The van der Waals surface area contributed by atoms with Gasteiger partial charge in [0.25, 0.3) is 0 Å². The predicted molar refractivity (Wildman–Crippen MR) is 115 cm³/mol. The molecule has 4 rings (SSSR count). The lowest BCUT2D eigenvalue weighted by Gasteiger charge is -2.37. The second-order valence-electron chi connectivity index (χ2n) is 6.84. The van der Waals surface area contributed by atoms with E-state index in [0.29, 0.717) is 13.0 Å². The number of hydrogen-bond acceptors (Lipinski definition) is 4. The number of amides is 1. The summed E-state index contributed by atoms with van der Waals surface area (Å²) in [6.07, 6.45) is 4.03. The van der Waals surface area contributed by atoms with E-state index in [0.717, 1.165) is 35.7 Å². The summed E-state index contributed by atoms with van der Waals surface area (Å²) in [5, 5.41) is 7.63. The molecule has 1 amide bonds. The lowest BCUT2D eigenvalue weighted by atomic mass is 10.0. The van der Waals surface area contributed by atoms with Crippen molar-refractivity contribution in [3.05, 3.63) is 78.1 Å². The van der Waals surface area contributed by atoms with Crippen molar-refractivity contribution in [3.63, 3.8) is 0 Å². The van der Waals surface area contributed by atoms with Gasteiger partial charge in [0.15, 0.2) is 0 Å². The number of methoxy groups -OCH3 is 1. The number of nitrogens with one attached hydrogen (secondary N) is 1. The first kappa shape index (κ1) is 20.9. The molecule has 0 bridgehead atoms. The highest BCUT2D eigenvalue weighted by molar-refractivity contribution is 5.85. The fourth-order valence-corrected chi connectivity index (χ4v) is 3.69. The van der Waals surface area contributed by atoms with Crippen molar-refractivity contribution in [3.8, 4) is 11.4 Å². The third kappa shape index (κ3) is 4.60. The van der Waals surface area contributed by atoms with Crippen molar-refractivity contribution in [1.29, 1.82) is 0 Å². The van der Waals surface area contributed by atoms with E-state index in [9.17, 15) is 4.79 Å². The summed E-state index contributed by atoms with van der Waals surface area (Å²) in [6.45, 7) is 2.22. The van der Waals surface area contributed by atoms with Crippen LogP contribution in [0.3, 0.4) is 0 Å². The Kier molecular flexibility index (Phi) is 6.90. The third-order valence-corrected chi connectivity index (χ3v) is 5.12. The SMILES string of the molecule is COc1ccccc1C1CNCCN1C(=O)Cc1ccc(-n2cccn2)cc1.Cl. The van der Waals surface area contributed by atoms with Crippen molar-refractivity contribution in [2.75, 3.05) is 26.7 Å². The largest absolute Gasteiger partial charge is 0.496 e. The lowest BCUT2D eigenvalue weighted by Crippen LogP contribution is -2.49. The van der Waals surface area contributed by atoms with Crippen LogP contribution in [0.2, 0.25) is 0 Å². The third-order valence-electron chi connectivity index (χ3n) is 5.12. The maximum atomic E-state index is 13.1. The number of benzene rings is 2. The molecule has 1 unspecified atom stereocenters. The number of carbonyl (C=O) groups excluding carboxylic acids is 1. The zero-order chi connectivity index (χ0) is 19.3. The molecule has 1 saturated heterocycles. The molecule has 152 valence electrons. The number of piperazine rings is 1. The van der Waals surface area contributed by atoms with E-state index in [2.05, 4.69) is 10.4 Å². The molecule has 1 N–H and O–H groups in total. The molecular weight excluding hydrogens is 388 g/mol. The van der Waals surface area contributed by atoms with E-state index in [1.54, 1.807) is 18.0 Å². The van der Waals surface area contributed by atoms with Gasteiger partial charge in [-0.2, -0.15) is 5.10 Å². The summed E-state index contributed by atoms with van der Waals surface area (Å²) in [6, 6.07) is 17.8. The average molecular weight is 413 g/mol. The van der Waals surface area contributed by atoms with Gasteiger partial charge in [0.1, 0.15) is 5.75 Å². The van der Waals surface area contributed by atoms with Crippen LogP contribution in [0.25, 0.3) is 5.69 Å². The van der Waals surface area contributed by atoms with Crippen LogP contribution in [0.1, 0.15) is 17.2 Å². The van der Waals surface area contributed by atoms with Crippen LogP contribution < -0.4 is 10.1 Å². The Labute approximate surface area is 176 Å². The van der Waals surface area contributed by atoms with Gasteiger partial charge in [0.2, 0.25) is 5.91 Å². The van der Waals surface area contributed by atoms with Crippen molar-refractivity contribution in [1.82, 2.24) is 20.0 Å². The number of carbonyl (C=O) groups is 1. The Morgan fingerprint density at radius 2 is 1.97 bits per heavy atom. The van der Waals surface area contributed by atoms with Gasteiger partial charge in [-0.15, -0.1) is 12.4 Å². The number of para-hydroxylation sites is 1. The molecule has 1 aliphatic heterocycles. The van der Waals surface area contributed by atoms with Crippen molar-refractivity contribution in [2.45, 2.75) is 12.5 Å². The van der Waals surface area contributed by atoms with Gasteiger partial charge < -0.3 is 15.0 Å². The number of aromatic nitrogens is 2. The molecule has 29 heavy (non-hydrogen) atoms. The summed E-state index contributed by atoms with van der Waals surface area (Å²) in [7, 11) is 1.67. The van der Waals surface area contributed by atoms with Crippen LogP contribution in [-0.2, 0) is 11.2 Å². The molecular formula is C22H25ClN4O2. The summed E-state index contributed by atoms with van der Waals surface area (Å²) >= 11 is 0. The van der Waals surface area contributed by atoms with E-state index < -0.39 is 0 Å². The summed E-state index contributed by atoms with van der Waals surface area (Å²) in [5.74, 6) is 0.946. The van der Waals surface area contributed by atoms with E-state index in [4.69, 9.17) is 4.74 Å². The molecule has 7 heteroatoms. The molecule has 0 radical (unpaired) electrons. The van der Waals surface area contributed by atoms with Gasteiger partial charge in [0.05, 0.1) is 25.3 Å². The van der Waals surface area contributed by atoms with Crippen LogP contribution in [0.4, 0.5) is 0 Å². The van der Waals surface area contributed by atoms with E-state index >= 15 is 0 Å². The molecule has 3 aromatic rings. The molecule has 0 aliphatic carbocycles. The molecule has 2 aromatic carbocycles. The molecule has 0 spiro atoms. The Balaban J connectivity index is 0.00000240. The second kappa shape index (κ2) is 9.58. The first-order valence-electron chi connectivity index (χ1n) is 9.48. The number of hydrogen-bond donors (Lipinski definition) is 1. The Morgan fingerprint density at radius 1 is 1.17 bits per heavy atom. The minimum atomic E-state index is -0.0271. The smallest absolute Gasteiger partial charge is 0.227 e. The minimum absolute atomic E-state index is 0. The molecule has 1 atom stereocenters. The van der Waals surface area contributed by atoms with Crippen LogP contribution in [-0.4, -0.2) is 47.3 Å². The molecule has 2 heterocycles. The van der Waals surface area contributed by atoms with Crippen molar-refractivity contribution in [2.24, 2.45) is 0 Å². The normalized spacial score (nSPS) is 16.2. The maximum absolute atomic E-state index is 13.1. The summed E-state index contributed by atoms with van der Waals surface area (Å²) in [4.78, 5) is 15.1. The molecule has 1 fully saturated rings. The zero-order valence-corrected chi connectivity index (χ0v) is 17.1. The zero-order valence-electron chi connectivity index (χ0n) is 16.3. The summed E-state index contributed by atoms with van der Waals surface area (Å²) in [5.41, 5.74) is 3.02. The van der Waals surface area contributed by atoms with Gasteiger partial charge in [0, 0.05) is 37.6 Å². The van der Waals surface area contributed by atoms with Crippen LogP contribution in [0, 0.1) is 0 Å². The maximum Gasteiger partial charge on any atom is 0.227 e. The minimum Gasteiger partial charge on any atom is -0.496 e. The van der Waals surface area contributed by atoms with Gasteiger partial charge >= 0.3 is 0 Å². The fraction of sp³-hybridized carbons (Fsp3) is 0.273. The van der Waals surface area contributed by atoms with Crippen LogP contribution in [0.15, 0.2) is 67.0 Å². The van der Waals surface area contributed by atoms with Gasteiger partial charge in [-0.3, -0.25) is 4.79 Å².